The molecule has 0 fully saturated rings. The van der Waals surface area contributed by atoms with Crippen molar-refractivity contribution in [1.29, 1.82) is 0 Å². The Hall–Kier alpha value is -0.680. The molecule has 2 nitrogen and oxygen atoms in total. The quantitative estimate of drug-likeness (QED) is 0.697. The average molecular weight is 231 g/mol. The standard InChI is InChI=1S/C6H3Cl2F3N2/c7-4-2(6(9,10)11)1-3(12)5(8)13-4/h1H,12H2. The first kappa shape index (κ1) is 10.4. The number of aromatic nitrogens is 1. The Morgan fingerprint density at radius 1 is 1.23 bits per heavy atom. The summed E-state index contributed by atoms with van der Waals surface area (Å²) in [5.41, 5.74) is 3.79. The van der Waals surface area contributed by atoms with Gasteiger partial charge in [-0.05, 0) is 6.07 Å². The van der Waals surface area contributed by atoms with Crippen LogP contribution >= 0.6 is 23.2 Å². The van der Waals surface area contributed by atoms with E-state index in [1.165, 1.54) is 0 Å². The van der Waals surface area contributed by atoms with E-state index in [-0.39, 0.29) is 10.8 Å². The van der Waals surface area contributed by atoms with Crippen molar-refractivity contribution in [1.82, 2.24) is 4.98 Å². The Bertz CT molecular complexity index is 337. The van der Waals surface area contributed by atoms with Gasteiger partial charge in [-0.2, -0.15) is 13.2 Å². The molecular formula is C6H3Cl2F3N2. The second-order valence-electron chi connectivity index (χ2n) is 2.20. The summed E-state index contributed by atoms with van der Waals surface area (Å²) in [6.07, 6.45) is -4.57. The molecule has 0 radical (unpaired) electrons. The molecule has 0 saturated heterocycles. The van der Waals surface area contributed by atoms with Crippen molar-refractivity contribution in [2.45, 2.75) is 6.18 Å². The number of nitrogen functional groups attached to an aromatic ring is 1. The smallest absolute Gasteiger partial charge is 0.396 e. The third-order valence-corrected chi connectivity index (χ3v) is 1.85. The van der Waals surface area contributed by atoms with Crippen LogP contribution in [0.2, 0.25) is 10.3 Å². The summed E-state index contributed by atoms with van der Waals surface area (Å²) < 4.78 is 36.4. The minimum absolute atomic E-state index is 0.238. The van der Waals surface area contributed by atoms with Gasteiger partial charge in [-0.3, -0.25) is 0 Å². The number of nitrogens with zero attached hydrogens (tertiary/aromatic N) is 1. The van der Waals surface area contributed by atoms with Gasteiger partial charge in [0.1, 0.15) is 5.15 Å². The zero-order valence-electron chi connectivity index (χ0n) is 5.99. The average Bonchev–Trinajstić information content (AvgIpc) is 1.94. The first-order valence-electron chi connectivity index (χ1n) is 3.01. The van der Waals surface area contributed by atoms with Gasteiger partial charge in [-0.1, -0.05) is 23.2 Å². The van der Waals surface area contributed by atoms with Crippen LogP contribution in [0.5, 0.6) is 0 Å². The predicted octanol–water partition coefficient (Wildman–Crippen LogP) is 2.99. The van der Waals surface area contributed by atoms with Crippen LogP contribution in [0.4, 0.5) is 18.9 Å². The number of pyridine rings is 1. The molecule has 1 aromatic heterocycles. The lowest BCUT2D eigenvalue weighted by atomic mass is 10.2. The van der Waals surface area contributed by atoms with Crippen LogP contribution in [-0.2, 0) is 6.18 Å². The van der Waals surface area contributed by atoms with Gasteiger partial charge in [0.05, 0.1) is 11.3 Å². The second kappa shape index (κ2) is 3.23. The van der Waals surface area contributed by atoms with Gasteiger partial charge in [-0.15, -0.1) is 0 Å². The molecule has 0 aliphatic heterocycles. The monoisotopic (exact) mass is 230 g/mol. The van der Waals surface area contributed by atoms with Crippen LogP contribution in [0.1, 0.15) is 5.56 Å². The van der Waals surface area contributed by atoms with Crippen LogP contribution < -0.4 is 5.73 Å². The van der Waals surface area contributed by atoms with Gasteiger partial charge < -0.3 is 5.73 Å². The maximum Gasteiger partial charge on any atom is 0.419 e. The molecule has 0 saturated carbocycles. The summed E-state index contributed by atoms with van der Waals surface area (Å²) in [4.78, 5) is 3.23. The molecule has 0 atom stereocenters. The molecule has 1 aromatic rings. The molecule has 0 aromatic carbocycles. The van der Waals surface area contributed by atoms with E-state index in [9.17, 15) is 13.2 Å². The number of halogens is 5. The number of anilines is 1. The fourth-order valence-electron chi connectivity index (χ4n) is 0.684. The molecule has 7 heteroatoms. The Morgan fingerprint density at radius 3 is 2.23 bits per heavy atom. The summed E-state index contributed by atoms with van der Waals surface area (Å²) in [5.74, 6) is 0. The van der Waals surface area contributed by atoms with E-state index in [1.54, 1.807) is 0 Å². The van der Waals surface area contributed by atoms with Crippen molar-refractivity contribution < 1.29 is 13.2 Å². The first-order chi connectivity index (χ1) is 5.82. The van der Waals surface area contributed by atoms with Crippen molar-refractivity contribution >= 4 is 28.9 Å². The minimum Gasteiger partial charge on any atom is -0.396 e. The molecule has 2 N–H and O–H groups in total. The van der Waals surface area contributed by atoms with E-state index in [4.69, 9.17) is 28.9 Å². The molecule has 0 aliphatic carbocycles. The van der Waals surface area contributed by atoms with Gasteiger partial charge in [0.2, 0.25) is 0 Å². The van der Waals surface area contributed by atoms with Gasteiger partial charge in [-0.25, -0.2) is 4.98 Å². The van der Waals surface area contributed by atoms with E-state index in [1.807, 2.05) is 0 Å². The molecule has 0 bridgehead atoms. The van der Waals surface area contributed by atoms with Crippen LogP contribution in [0.3, 0.4) is 0 Å². The van der Waals surface area contributed by atoms with E-state index in [0.29, 0.717) is 6.07 Å². The van der Waals surface area contributed by atoms with E-state index in [0.717, 1.165) is 0 Å². The molecule has 0 spiro atoms. The van der Waals surface area contributed by atoms with Gasteiger partial charge in [0, 0.05) is 0 Å². The zero-order valence-corrected chi connectivity index (χ0v) is 7.50. The van der Waals surface area contributed by atoms with Crippen molar-refractivity contribution in [3.8, 4) is 0 Å². The molecule has 72 valence electrons. The normalized spacial score (nSPS) is 11.8. The number of alkyl halides is 3. The predicted molar refractivity (Wildman–Crippen MR) is 43.7 cm³/mol. The van der Waals surface area contributed by atoms with E-state index < -0.39 is 16.9 Å². The maximum absolute atomic E-state index is 12.1. The van der Waals surface area contributed by atoms with Crippen molar-refractivity contribution in [3.05, 3.63) is 21.9 Å². The lowest BCUT2D eigenvalue weighted by Gasteiger charge is -2.09. The number of rotatable bonds is 0. The first-order valence-corrected chi connectivity index (χ1v) is 3.76. The van der Waals surface area contributed by atoms with Crippen LogP contribution in [0, 0.1) is 0 Å². The Balaban J connectivity index is 3.32. The molecule has 1 heterocycles. The fourth-order valence-corrected chi connectivity index (χ4v) is 1.11. The highest BCUT2D eigenvalue weighted by Gasteiger charge is 2.34. The summed E-state index contributed by atoms with van der Waals surface area (Å²) in [6.45, 7) is 0. The third kappa shape index (κ3) is 2.16. The molecule has 0 amide bonds. The van der Waals surface area contributed by atoms with E-state index >= 15 is 0 Å². The van der Waals surface area contributed by atoms with Gasteiger partial charge in [0.25, 0.3) is 0 Å². The van der Waals surface area contributed by atoms with Crippen molar-refractivity contribution in [2.24, 2.45) is 0 Å². The molecule has 0 aliphatic rings. The molecule has 1 rings (SSSR count). The lowest BCUT2D eigenvalue weighted by Crippen LogP contribution is -2.08. The minimum atomic E-state index is -4.57. The SMILES string of the molecule is Nc1cc(C(F)(F)F)c(Cl)nc1Cl. The van der Waals surface area contributed by atoms with Crippen LogP contribution in [-0.4, -0.2) is 4.98 Å². The van der Waals surface area contributed by atoms with Crippen molar-refractivity contribution in [3.63, 3.8) is 0 Å². The summed E-state index contributed by atoms with van der Waals surface area (Å²) in [6, 6.07) is 0.650. The van der Waals surface area contributed by atoms with Crippen LogP contribution in [0.15, 0.2) is 6.07 Å². The summed E-state index contributed by atoms with van der Waals surface area (Å²) in [7, 11) is 0. The molecule has 13 heavy (non-hydrogen) atoms. The lowest BCUT2D eigenvalue weighted by molar-refractivity contribution is -0.137. The maximum atomic E-state index is 12.1. The van der Waals surface area contributed by atoms with Crippen molar-refractivity contribution in [2.75, 3.05) is 5.73 Å². The summed E-state index contributed by atoms with van der Waals surface area (Å²) in [5, 5.41) is -0.940. The molecular weight excluding hydrogens is 228 g/mol. The topological polar surface area (TPSA) is 38.9 Å². The Kier molecular flexibility index (Phi) is 2.58. The second-order valence-corrected chi connectivity index (χ2v) is 2.92. The Labute approximate surface area is 81.5 Å². The largest absolute Gasteiger partial charge is 0.419 e. The highest BCUT2D eigenvalue weighted by atomic mass is 35.5. The number of hydrogen-bond acceptors (Lipinski definition) is 2. The van der Waals surface area contributed by atoms with Gasteiger partial charge in [0.15, 0.2) is 5.15 Å². The van der Waals surface area contributed by atoms with Crippen LogP contribution in [0.25, 0.3) is 0 Å². The highest BCUT2D eigenvalue weighted by Crippen LogP contribution is 2.36. The summed E-state index contributed by atoms with van der Waals surface area (Å²) >= 11 is 10.6. The number of hydrogen-bond donors (Lipinski definition) is 1. The Morgan fingerprint density at radius 2 is 1.77 bits per heavy atom. The number of nitrogens with two attached hydrogens (primary N) is 1. The van der Waals surface area contributed by atoms with E-state index in [2.05, 4.69) is 4.98 Å². The third-order valence-electron chi connectivity index (χ3n) is 1.26. The zero-order chi connectivity index (χ0) is 10.2. The highest BCUT2D eigenvalue weighted by molar-refractivity contribution is 6.34. The molecule has 0 unspecified atom stereocenters. The van der Waals surface area contributed by atoms with Gasteiger partial charge >= 0.3 is 6.18 Å². The fraction of sp³-hybridized carbons (Fsp3) is 0.167.